The Morgan fingerprint density at radius 2 is 2.06 bits per heavy atom. The molecule has 0 unspecified atom stereocenters. The summed E-state index contributed by atoms with van der Waals surface area (Å²) in [5.41, 5.74) is 18.6. The van der Waals surface area contributed by atoms with Crippen LogP contribution in [0.25, 0.3) is 5.69 Å². The van der Waals surface area contributed by atoms with Gasteiger partial charge in [-0.25, -0.2) is 4.68 Å². The fraction of sp³-hybridized carbons (Fsp3) is 0.182. The van der Waals surface area contributed by atoms with E-state index in [-0.39, 0.29) is 5.75 Å². The van der Waals surface area contributed by atoms with Gasteiger partial charge >= 0.3 is 0 Å². The van der Waals surface area contributed by atoms with Crippen LogP contribution in [0.4, 0.5) is 11.6 Å². The van der Waals surface area contributed by atoms with Crippen molar-refractivity contribution in [2.24, 2.45) is 5.73 Å². The van der Waals surface area contributed by atoms with E-state index in [1.807, 2.05) is 0 Å². The highest BCUT2D eigenvalue weighted by Gasteiger charge is 2.13. The number of aromatic hydroxyl groups is 1. The van der Waals surface area contributed by atoms with Crippen LogP contribution in [0.5, 0.6) is 5.75 Å². The molecule has 0 saturated carbocycles. The van der Waals surface area contributed by atoms with E-state index >= 15 is 0 Å². The minimum Gasteiger partial charge on any atom is -0.508 e. The van der Waals surface area contributed by atoms with Gasteiger partial charge in [-0.1, -0.05) is 6.07 Å². The normalized spacial score (nSPS) is 10.6. The van der Waals surface area contributed by atoms with Crippen LogP contribution >= 0.6 is 0 Å². The SMILES string of the molecule is NCCc1c(N)nn(-c2cccc(O)c2)c1N. The summed E-state index contributed by atoms with van der Waals surface area (Å²) in [7, 11) is 0. The molecule has 0 aliphatic carbocycles. The van der Waals surface area contributed by atoms with E-state index in [4.69, 9.17) is 17.2 Å². The van der Waals surface area contributed by atoms with Crippen molar-refractivity contribution in [2.45, 2.75) is 6.42 Å². The lowest BCUT2D eigenvalue weighted by Crippen LogP contribution is -2.07. The number of hydrogen-bond donors (Lipinski definition) is 4. The minimum atomic E-state index is 0.149. The molecule has 0 aliphatic heterocycles. The molecule has 2 rings (SSSR count). The lowest BCUT2D eigenvalue weighted by atomic mass is 10.2. The molecular weight excluding hydrogens is 218 g/mol. The zero-order valence-electron chi connectivity index (χ0n) is 9.30. The third kappa shape index (κ3) is 2.02. The van der Waals surface area contributed by atoms with Gasteiger partial charge in [0.1, 0.15) is 11.6 Å². The zero-order valence-corrected chi connectivity index (χ0v) is 9.30. The van der Waals surface area contributed by atoms with Gasteiger partial charge in [0.15, 0.2) is 5.82 Å². The number of hydrogen-bond acceptors (Lipinski definition) is 5. The largest absolute Gasteiger partial charge is 0.508 e. The molecule has 1 aromatic carbocycles. The first-order chi connectivity index (χ1) is 8.13. The smallest absolute Gasteiger partial charge is 0.151 e. The quantitative estimate of drug-likeness (QED) is 0.606. The van der Waals surface area contributed by atoms with Crippen molar-refractivity contribution in [2.75, 3.05) is 18.0 Å². The van der Waals surface area contributed by atoms with Crippen LogP contribution in [0.1, 0.15) is 5.56 Å². The van der Waals surface area contributed by atoms with Crippen LogP contribution in [0.2, 0.25) is 0 Å². The first-order valence-electron chi connectivity index (χ1n) is 5.25. The summed E-state index contributed by atoms with van der Waals surface area (Å²) in [6.07, 6.45) is 0.580. The lowest BCUT2D eigenvalue weighted by Gasteiger charge is -2.04. The monoisotopic (exact) mass is 233 g/mol. The Morgan fingerprint density at radius 1 is 1.29 bits per heavy atom. The number of phenolic OH excluding ortho intramolecular Hbond substituents is 1. The summed E-state index contributed by atoms with van der Waals surface area (Å²) >= 11 is 0. The molecule has 2 aromatic rings. The van der Waals surface area contributed by atoms with Gasteiger partial charge in [0.25, 0.3) is 0 Å². The summed E-state index contributed by atoms with van der Waals surface area (Å²) in [5, 5.41) is 13.6. The first kappa shape index (κ1) is 11.3. The number of rotatable bonds is 3. The average molecular weight is 233 g/mol. The second-order valence-electron chi connectivity index (χ2n) is 3.72. The first-order valence-corrected chi connectivity index (χ1v) is 5.25. The number of anilines is 2. The van der Waals surface area contributed by atoms with E-state index in [0.29, 0.717) is 30.3 Å². The number of nitrogens with zero attached hydrogens (tertiary/aromatic N) is 2. The minimum absolute atomic E-state index is 0.149. The maximum Gasteiger partial charge on any atom is 0.151 e. The second-order valence-corrected chi connectivity index (χ2v) is 3.72. The van der Waals surface area contributed by atoms with Crippen LogP contribution < -0.4 is 17.2 Å². The summed E-state index contributed by atoms with van der Waals surface area (Å²) in [5.74, 6) is 0.978. The number of benzene rings is 1. The Hall–Kier alpha value is -2.21. The maximum atomic E-state index is 9.41. The van der Waals surface area contributed by atoms with Gasteiger partial charge in [-0.2, -0.15) is 0 Å². The van der Waals surface area contributed by atoms with Gasteiger partial charge in [0.05, 0.1) is 5.69 Å². The second kappa shape index (κ2) is 4.34. The van der Waals surface area contributed by atoms with Crippen molar-refractivity contribution >= 4 is 11.6 Å². The van der Waals surface area contributed by atoms with Crippen molar-refractivity contribution in [3.8, 4) is 11.4 Å². The van der Waals surface area contributed by atoms with Crippen molar-refractivity contribution in [3.05, 3.63) is 29.8 Å². The van der Waals surface area contributed by atoms with E-state index in [9.17, 15) is 5.11 Å². The van der Waals surface area contributed by atoms with E-state index in [1.54, 1.807) is 24.3 Å². The van der Waals surface area contributed by atoms with Crippen molar-refractivity contribution in [3.63, 3.8) is 0 Å². The average Bonchev–Trinajstić information content (AvgIpc) is 2.57. The Morgan fingerprint density at radius 3 is 2.71 bits per heavy atom. The van der Waals surface area contributed by atoms with Gasteiger partial charge < -0.3 is 22.3 Å². The Balaban J connectivity index is 2.50. The molecular formula is C11H15N5O. The molecule has 6 heteroatoms. The van der Waals surface area contributed by atoms with Crippen molar-refractivity contribution < 1.29 is 5.11 Å². The number of nitrogens with two attached hydrogens (primary N) is 3. The molecule has 6 nitrogen and oxygen atoms in total. The third-order valence-corrected chi connectivity index (χ3v) is 2.52. The molecule has 0 saturated heterocycles. The summed E-state index contributed by atoms with van der Waals surface area (Å²) < 4.78 is 1.50. The van der Waals surface area contributed by atoms with Crippen LogP contribution in [-0.4, -0.2) is 21.4 Å². The Bertz CT molecular complexity index is 535. The third-order valence-electron chi connectivity index (χ3n) is 2.52. The highest BCUT2D eigenvalue weighted by Crippen LogP contribution is 2.24. The maximum absolute atomic E-state index is 9.41. The van der Waals surface area contributed by atoms with Gasteiger partial charge in [0, 0.05) is 11.6 Å². The molecule has 0 fully saturated rings. The molecule has 0 radical (unpaired) electrons. The zero-order chi connectivity index (χ0) is 12.4. The van der Waals surface area contributed by atoms with E-state index < -0.39 is 0 Å². The molecule has 7 N–H and O–H groups in total. The molecule has 0 spiro atoms. The fourth-order valence-electron chi connectivity index (χ4n) is 1.70. The highest BCUT2D eigenvalue weighted by atomic mass is 16.3. The Kier molecular flexibility index (Phi) is 2.88. The van der Waals surface area contributed by atoms with E-state index in [2.05, 4.69) is 5.10 Å². The summed E-state index contributed by atoms with van der Waals surface area (Å²) in [6.45, 7) is 0.458. The molecule has 0 atom stereocenters. The predicted octanol–water partition coefficient (Wildman–Crippen LogP) is 0.243. The van der Waals surface area contributed by atoms with Gasteiger partial charge in [-0.15, -0.1) is 5.10 Å². The molecule has 90 valence electrons. The van der Waals surface area contributed by atoms with Gasteiger partial charge in [-0.3, -0.25) is 0 Å². The van der Waals surface area contributed by atoms with Crippen LogP contribution in [0.15, 0.2) is 24.3 Å². The van der Waals surface area contributed by atoms with Gasteiger partial charge in [0.2, 0.25) is 0 Å². The summed E-state index contributed by atoms with van der Waals surface area (Å²) in [6, 6.07) is 6.64. The van der Waals surface area contributed by atoms with Crippen LogP contribution in [0.3, 0.4) is 0 Å². The molecule has 0 bridgehead atoms. The standard InChI is InChI=1S/C11H15N5O/c12-5-4-9-10(13)15-16(11(9)14)7-2-1-3-8(17)6-7/h1-3,6,17H,4-5,12,14H2,(H2,13,15). The van der Waals surface area contributed by atoms with Crippen molar-refractivity contribution in [1.82, 2.24) is 9.78 Å². The topological polar surface area (TPSA) is 116 Å². The molecule has 0 aliphatic rings. The van der Waals surface area contributed by atoms with E-state index in [0.717, 1.165) is 5.56 Å². The fourth-order valence-corrected chi connectivity index (χ4v) is 1.70. The summed E-state index contributed by atoms with van der Waals surface area (Å²) in [4.78, 5) is 0. The Labute approximate surface area is 98.6 Å². The molecule has 1 heterocycles. The van der Waals surface area contributed by atoms with Crippen LogP contribution in [-0.2, 0) is 6.42 Å². The van der Waals surface area contributed by atoms with E-state index in [1.165, 1.54) is 4.68 Å². The van der Waals surface area contributed by atoms with Gasteiger partial charge in [-0.05, 0) is 25.1 Å². The highest BCUT2D eigenvalue weighted by molar-refractivity contribution is 5.58. The predicted molar refractivity (Wildman–Crippen MR) is 66.8 cm³/mol. The molecule has 17 heavy (non-hydrogen) atoms. The van der Waals surface area contributed by atoms with Crippen LogP contribution in [0, 0.1) is 0 Å². The number of aromatic nitrogens is 2. The lowest BCUT2D eigenvalue weighted by molar-refractivity contribution is 0.475. The number of phenols is 1. The van der Waals surface area contributed by atoms with Crippen molar-refractivity contribution in [1.29, 1.82) is 0 Å². The molecule has 0 amide bonds. The molecule has 1 aromatic heterocycles. The number of nitrogen functional groups attached to an aromatic ring is 2.